The van der Waals surface area contributed by atoms with Crippen molar-refractivity contribution < 1.29 is 17.9 Å². The average Bonchev–Trinajstić information content (AvgIpc) is 3.17. The van der Waals surface area contributed by atoms with Gasteiger partial charge >= 0.3 is 0 Å². The fourth-order valence-electron chi connectivity index (χ4n) is 5.19. The van der Waals surface area contributed by atoms with Gasteiger partial charge in [-0.3, -0.25) is 5.10 Å². The Bertz CT molecular complexity index is 1010. The highest BCUT2D eigenvalue weighted by molar-refractivity contribution is 7.88. The molecule has 4 rings (SSSR count). The standard InChI is InChI=1S/C19H25ClFN3O3S/c1-19(2,11-7-12-4-5-13(8-11)24(12)28(3,26)27)18(25)15-16(21)14(20)6-10-9-22-23-17(10)15/h6,9,11-13,18,25H,4-5,7-8H2,1-3H3,(H,22,23)/t11?,12-,13+,18?. The van der Waals surface area contributed by atoms with Gasteiger partial charge in [0.05, 0.1) is 29.1 Å². The number of aliphatic hydroxyl groups is 1. The Hall–Kier alpha value is -1.22. The predicted octanol–water partition coefficient (Wildman–Crippen LogP) is 3.62. The molecule has 2 aliphatic rings. The van der Waals surface area contributed by atoms with Crippen molar-refractivity contribution in [3.8, 4) is 0 Å². The molecule has 3 heterocycles. The second-order valence-electron chi connectivity index (χ2n) is 8.79. The van der Waals surface area contributed by atoms with Gasteiger partial charge in [-0.1, -0.05) is 25.4 Å². The van der Waals surface area contributed by atoms with Gasteiger partial charge in [0.25, 0.3) is 0 Å². The van der Waals surface area contributed by atoms with Crippen molar-refractivity contribution in [2.75, 3.05) is 6.26 Å². The Kier molecular flexibility index (Phi) is 4.77. The summed E-state index contributed by atoms with van der Waals surface area (Å²) in [5.41, 5.74) is -0.101. The van der Waals surface area contributed by atoms with Crippen molar-refractivity contribution in [3.05, 3.63) is 28.7 Å². The van der Waals surface area contributed by atoms with Gasteiger partial charge < -0.3 is 5.11 Å². The zero-order valence-corrected chi connectivity index (χ0v) is 17.7. The normalized spacial score (nSPS) is 27.4. The highest BCUT2D eigenvalue weighted by atomic mass is 35.5. The SMILES string of the molecule is CC(C)(C1C[C@H]2CC[C@@H](C1)N2S(C)(=O)=O)C(O)c1c(F)c(Cl)cc2cn[nH]c12. The number of hydrogen-bond acceptors (Lipinski definition) is 4. The van der Waals surface area contributed by atoms with Crippen LogP contribution in [0.4, 0.5) is 4.39 Å². The molecule has 0 amide bonds. The largest absolute Gasteiger partial charge is 0.388 e. The van der Waals surface area contributed by atoms with Crippen LogP contribution < -0.4 is 0 Å². The van der Waals surface area contributed by atoms with Crippen molar-refractivity contribution in [3.63, 3.8) is 0 Å². The first-order valence-corrected chi connectivity index (χ1v) is 11.7. The molecule has 0 aliphatic carbocycles. The predicted molar refractivity (Wildman–Crippen MR) is 106 cm³/mol. The lowest BCUT2D eigenvalue weighted by Gasteiger charge is -2.46. The highest BCUT2D eigenvalue weighted by Crippen LogP contribution is 2.52. The van der Waals surface area contributed by atoms with Gasteiger partial charge in [0.1, 0.15) is 5.82 Å². The number of halogens is 2. The van der Waals surface area contributed by atoms with Crippen molar-refractivity contribution in [1.29, 1.82) is 0 Å². The number of nitrogens with one attached hydrogen (secondary N) is 1. The summed E-state index contributed by atoms with van der Waals surface area (Å²) in [5.74, 6) is -0.593. The first-order valence-electron chi connectivity index (χ1n) is 9.49. The molecule has 2 fully saturated rings. The number of benzene rings is 1. The highest BCUT2D eigenvalue weighted by Gasteiger charge is 2.50. The summed E-state index contributed by atoms with van der Waals surface area (Å²) in [6.45, 7) is 3.83. The van der Waals surface area contributed by atoms with Gasteiger partial charge in [0.15, 0.2) is 0 Å². The first-order chi connectivity index (χ1) is 13.0. The van der Waals surface area contributed by atoms with Crippen LogP contribution in [0.5, 0.6) is 0 Å². The Morgan fingerprint density at radius 3 is 2.54 bits per heavy atom. The summed E-state index contributed by atoms with van der Waals surface area (Å²) in [4.78, 5) is 0. The maximum atomic E-state index is 14.9. The number of rotatable bonds is 4. The van der Waals surface area contributed by atoms with E-state index in [1.807, 2.05) is 13.8 Å². The molecule has 9 heteroatoms. The van der Waals surface area contributed by atoms with Crippen LogP contribution in [0.3, 0.4) is 0 Å². The van der Waals surface area contributed by atoms with E-state index in [9.17, 15) is 17.9 Å². The number of aliphatic hydroxyl groups excluding tert-OH is 1. The number of aromatic amines is 1. The number of sulfonamides is 1. The number of H-pyrrole nitrogens is 1. The molecule has 2 aliphatic heterocycles. The third-order valence-corrected chi connectivity index (χ3v) is 8.38. The van der Waals surface area contributed by atoms with Crippen molar-refractivity contribution >= 4 is 32.5 Å². The van der Waals surface area contributed by atoms with E-state index in [1.165, 1.54) is 12.3 Å². The van der Waals surface area contributed by atoms with Crippen LogP contribution in [0, 0.1) is 17.2 Å². The van der Waals surface area contributed by atoms with Crippen LogP contribution in [0.25, 0.3) is 10.9 Å². The Labute approximate surface area is 169 Å². The van der Waals surface area contributed by atoms with Crippen molar-refractivity contribution in [2.45, 2.75) is 57.7 Å². The van der Waals surface area contributed by atoms with E-state index in [1.54, 1.807) is 10.5 Å². The molecule has 28 heavy (non-hydrogen) atoms. The molecule has 154 valence electrons. The quantitative estimate of drug-likeness (QED) is 0.777. The second kappa shape index (κ2) is 6.65. The van der Waals surface area contributed by atoms with E-state index in [0.29, 0.717) is 23.7 Å². The smallest absolute Gasteiger partial charge is 0.211 e. The summed E-state index contributed by atoms with van der Waals surface area (Å²) >= 11 is 6.05. The van der Waals surface area contributed by atoms with Gasteiger partial charge in [0, 0.05) is 23.0 Å². The van der Waals surface area contributed by atoms with E-state index in [4.69, 9.17) is 11.6 Å². The van der Waals surface area contributed by atoms with Gasteiger partial charge in [-0.25, -0.2) is 12.8 Å². The van der Waals surface area contributed by atoms with Crippen molar-refractivity contribution in [2.24, 2.45) is 11.3 Å². The minimum absolute atomic E-state index is 0.0503. The average molecular weight is 430 g/mol. The Morgan fingerprint density at radius 1 is 1.36 bits per heavy atom. The number of aromatic nitrogens is 2. The van der Waals surface area contributed by atoms with Crippen LogP contribution in [0.1, 0.15) is 51.2 Å². The zero-order chi connectivity index (χ0) is 20.4. The molecule has 4 atom stereocenters. The monoisotopic (exact) mass is 429 g/mol. The third kappa shape index (κ3) is 3.05. The van der Waals surface area contributed by atoms with Gasteiger partial charge in [-0.2, -0.15) is 9.40 Å². The number of nitrogens with zero attached hydrogens (tertiary/aromatic N) is 2. The van der Waals surface area contributed by atoms with Crippen LogP contribution >= 0.6 is 11.6 Å². The van der Waals surface area contributed by atoms with E-state index in [-0.39, 0.29) is 28.6 Å². The van der Waals surface area contributed by atoms with Gasteiger partial charge in [-0.15, -0.1) is 0 Å². The third-order valence-electron chi connectivity index (χ3n) is 6.75. The number of piperidine rings is 1. The van der Waals surface area contributed by atoms with Crippen LogP contribution in [-0.2, 0) is 10.0 Å². The minimum atomic E-state index is -3.26. The molecule has 2 saturated heterocycles. The second-order valence-corrected chi connectivity index (χ2v) is 11.1. The molecule has 1 aromatic carbocycles. The molecule has 2 N–H and O–H groups in total. The van der Waals surface area contributed by atoms with Crippen LogP contribution in [-0.4, -0.2) is 46.4 Å². The first kappa shape index (κ1) is 20.1. The number of hydrogen-bond donors (Lipinski definition) is 2. The summed E-state index contributed by atoms with van der Waals surface area (Å²) in [6.07, 6.45) is 4.67. The lowest BCUT2D eigenvalue weighted by molar-refractivity contribution is -0.0238. The topological polar surface area (TPSA) is 86.3 Å². The van der Waals surface area contributed by atoms with Crippen LogP contribution in [0.15, 0.2) is 12.3 Å². The molecular weight excluding hydrogens is 405 g/mol. The van der Waals surface area contributed by atoms with E-state index in [2.05, 4.69) is 10.2 Å². The molecule has 2 bridgehead atoms. The Balaban J connectivity index is 1.69. The lowest BCUT2D eigenvalue weighted by atomic mass is 9.67. The fraction of sp³-hybridized carbons (Fsp3) is 0.632. The summed E-state index contributed by atoms with van der Waals surface area (Å²) < 4.78 is 40.9. The molecule has 1 aromatic heterocycles. The molecular formula is C19H25ClFN3O3S. The van der Waals surface area contributed by atoms with E-state index in [0.717, 1.165) is 12.8 Å². The molecule has 6 nitrogen and oxygen atoms in total. The van der Waals surface area contributed by atoms with Crippen molar-refractivity contribution in [1.82, 2.24) is 14.5 Å². The van der Waals surface area contributed by atoms with E-state index >= 15 is 0 Å². The summed E-state index contributed by atoms with van der Waals surface area (Å²) in [7, 11) is -3.26. The Morgan fingerprint density at radius 2 is 1.96 bits per heavy atom. The molecule has 0 saturated carbocycles. The molecule has 2 aromatic rings. The molecule has 0 spiro atoms. The van der Waals surface area contributed by atoms with E-state index < -0.39 is 27.4 Å². The minimum Gasteiger partial charge on any atom is -0.388 e. The lowest BCUT2D eigenvalue weighted by Crippen LogP contribution is -2.49. The van der Waals surface area contributed by atoms with Crippen LogP contribution in [0.2, 0.25) is 5.02 Å². The maximum Gasteiger partial charge on any atom is 0.211 e. The summed E-state index contributed by atoms with van der Waals surface area (Å²) in [6, 6.07) is 1.38. The fourth-order valence-corrected chi connectivity index (χ4v) is 6.88. The maximum absolute atomic E-state index is 14.9. The molecule has 2 unspecified atom stereocenters. The zero-order valence-electron chi connectivity index (χ0n) is 16.1. The number of fused-ring (bicyclic) bond motifs is 3. The molecule has 0 radical (unpaired) electrons. The van der Waals surface area contributed by atoms with Gasteiger partial charge in [-0.05, 0) is 43.1 Å². The summed E-state index contributed by atoms with van der Waals surface area (Å²) in [5, 5.41) is 18.6. The van der Waals surface area contributed by atoms with Gasteiger partial charge in [0.2, 0.25) is 10.0 Å².